The van der Waals surface area contributed by atoms with Gasteiger partial charge in [0.15, 0.2) is 0 Å². The third kappa shape index (κ3) is 2.95. The van der Waals surface area contributed by atoms with Gasteiger partial charge in [-0.2, -0.15) is 9.40 Å². The van der Waals surface area contributed by atoms with Crippen LogP contribution in [0.1, 0.15) is 23.1 Å². The molecule has 0 spiro atoms. The van der Waals surface area contributed by atoms with Crippen LogP contribution in [0.3, 0.4) is 0 Å². The number of aliphatic hydroxyl groups excluding tert-OH is 2. The number of sulfonamides is 1. The Kier molecular flexibility index (Phi) is 4.43. The summed E-state index contributed by atoms with van der Waals surface area (Å²) < 4.78 is 42.0. The first-order valence-electron chi connectivity index (χ1n) is 7.45. The lowest BCUT2D eigenvalue weighted by Crippen LogP contribution is -2.38. The zero-order chi connectivity index (χ0) is 17.5. The molecule has 2 heterocycles. The first kappa shape index (κ1) is 17.0. The molecular formula is C15H18FN3O4S. The minimum Gasteiger partial charge on any atom is -0.393 e. The van der Waals surface area contributed by atoms with Crippen molar-refractivity contribution in [3.63, 3.8) is 0 Å². The van der Waals surface area contributed by atoms with Crippen molar-refractivity contribution in [3.05, 3.63) is 47.0 Å². The summed E-state index contributed by atoms with van der Waals surface area (Å²) in [6.07, 6.45) is -1.10. The van der Waals surface area contributed by atoms with Crippen LogP contribution >= 0.6 is 0 Å². The van der Waals surface area contributed by atoms with Crippen LogP contribution in [0.4, 0.5) is 4.39 Å². The first-order chi connectivity index (χ1) is 11.3. The van der Waals surface area contributed by atoms with Gasteiger partial charge in [-0.15, -0.1) is 0 Å². The van der Waals surface area contributed by atoms with Gasteiger partial charge in [-0.3, -0.25) is 4.68 Å². The highest BCUT2D eigenvalue weighted by Crippen LogP contribution is 2.26. The number of benzene rings is 1. The Labute approximate surface area is 139 Å². The van der Waals surface area contributed by atoms with E-state index in [0.717, 1.165) is 6.07 Å². The number of aryl methyl sites for hydroxylation is 1. The van der Waals surface area contributed by atoms with Crippen LogP contribution in [0, 0.1) is 12.7 Å². The van der Waals surface area contributed by atoms with E-state index < -0.39 is 28.6 Å². The number of rotatable bonds is 4. The predicted molar refractivity (Wildman–Crippen MR) is 83.0 cm³/mol. The van der Waals surface area contributed by atoms with Crippen LogP contribution in [-0.2, 0) is 23.1 Å². The van der Waals surface area contributed by atoms with Crippen LogP contribution < -0.4 is 0 Å². The number of hydrogen-bond donors (Lipinski definition) is 2. The second-order valence-electron chi connectivity index (χ2n) is 5.73. The lowest BCUT2D eigenvalue weighted by molar-refractivity contribution is 0.0916. The average molecular weight is 355 g/mol. The summed E-state index contributed by atoms with van der Waals surface area (Å²) in [5.74, 6) is -0.602. The summed E-state index contributed by atoms with van der Waals surface area (Å²) in [4.78, 5) is -0.0499. The highest BCUT2D eigenvalue weighted by molar-refractivity contribution is 7.89. The molecule has 0 fully saturated rings. The molecule has 1 atom stereocenters. The smallest absolute Gasteiger partial charge is 0.243 e. The third-order valence-electron chi connectivity index (χ3n) is 4.06. The summed E-state index contributed by atoms with van der Waals surface area (Å²) in [7, 11) is -3.83. The molecule has 0 aliphatic carbocycles. The van der Waals surface area contributed by atoms with Gasteiger partial charge < -0.3 is 10.2 Å². The van der Waals surface area contributed by atoms with Crippen molar-refractivity contribution in [2.75, 3.05) is 13.2 Å². The fourth-order valence-corrected chi connectivity index (χ4v) is 4.36. The zero-order valence-electron chi connectivity index (χ0n) is 13.1. The molecule has 0 unspecified atom stereocenters. The summed E-state index contributed by atoms with van der Waals surface area (Å²) in [6.45, 7) is 1.75. The molecule has 1 aliphatic rings. The second kappa shape index (κ2) is 6.25. The van der Waals surface area contributed by atoms with E-state index >= 15 is 0 Å². The molecule has 9 heteroatoms. The van der Waals surface area contributed by atoms with Gasteiger partial charge in [0.25, 0.3) is 0 Å². The maximum atomic E-state index is 13.5. The van der Waals surface area contributed by atoms with Gasteiger partial charge >= 0.3 is 0 Å². The molecule has 0 radical (unpaired) electrons. The fraction of sp³-hybridized carbons (Fsp3) is 0.400. The Bertz CT molecular complexity index is 866. The number of aromatic nitrogens is 2. The SMILES string of the molecule is Cc1ccc(F)cc1S(=O)(=O)N1CCn2nc([C@H](O)CO)cc2C1. The monoisotopic (exact) mass is 355 g/mol. The molecule has 130 valence electrons. The van der Waals surface area contributed by atoms with E-state index in [1.165, 1.54) is 16.4 Å². The highest BCUT2D eigenvalue weighted by Gasteiger charge is 2.31. The molecular weight excluding hydrogens is 337 g/mol. The average Bonchev–Trinajstić information content (AvgIpc) is 2.99. The molecule has 1 aliphatic heterocycles. The van der Waals surface area contributed by atoms with E-state index in [0.29, 0.717) is 23.5 Å². The molecule has 7 nitrogen and oxygen atoms in total. The molecule has 1 aromatic carbocycles. The Morgan fingerprint density at radius 1 is 1.33 bits per heavy atom. The van der Waals surface area contributed by atoms with E-state index in [4.69, 9.17) is 5.11 Å². The third-order valence-corrected chi connectivity index (χ3v) is 6.05. The molecule has 3 rings (SSSR count). The number of fused-ring (bicyclic) bond motifs is 1. The topological polar surface area (TPSA) is 95.7 Å². The largest absolute Gasteiger partial charge is 0.393 e. The molecule has 0 amide bonds. The number of aliphatic hydroxyl groups is 2. The van der Waals surface area contributed by atoms with E-state index in [2.05, 4.69) is 5.10 Å². The van der Waals surface area contributed by atoms with Crippen molar-refractivity contribution in [3.8, 4) is 0 Å². The second-order valence-corrected chi connectivity index (χ2v) is 7.64. The van der Waals surface area contributed by atoms with Crippen LogP contribution in [0.2, 0.25) is 0 Å². The quantitative estimate of drug-likeness (QED) is 0.836. The maximum absolute atomic E-state index is 13.5. The van der Waals surface area contributed by atoms with Crippen LogP contribution in [0.25, 0.3) is 0 Å². The Balaban J connectivity index is 1.92. The Morgan fingerprint density at radius 3 is 2.79 bits per heavy atom. The van der Waals surface area contributed by atoms with Gasteiger partial charge in [0.2, 0.25) is 10.0 Å². The fourth-order valence-electron chi connectivity index (χ4n) is 2.72. The van der Waals surface area contributed by atoms with Gasteiger partial charge in [-0.1, -0.05) is 6.07 Å². The molecule has 0 saturated carbocycles. The number of nitrogens with zero attached hydrogens (tertiary/aromatic N) is 3. The van der Waals surface area contributed by atoms with Crippen LogP contribution in [0.5, 0.6) is 0 Å². The van der Waals surface area contributed by atoms with Gasteiger partial charge in [0.05, 0.1) is 36.0 Å². The number of hydrogen-bond acceptors (Lipinski definition) is 5. The molecule has 2 N–H and O–H groups in total. The van der Waals surface area contributed by atoms with Crippen molar-refractivity contribution in [1.29, 1.82) is 0 Å². The zero-order valence-corrected chi connectivity index (χ0v) is 13.9. The van der Waals surface area contributed by atoms with Crippen LogP contribution in [0.15, 0.2) is 29.2 Å². The Hall–Kier alpha value is -1.81. The molecule has 1 aromatic heterocycles. The highest BCUT2D eigenvalue weighted by atomic mass is 32.2. The van der Waals surface area contributed by atoms with E-state index in [-0.39, 0.29) is 18.0 Å². The minimum atomic E-state index is -3.83. The van der Waals surface area contributed by atoms with Crippen molar-refractivity contribution < 1.29 is 23.0 Å². The number of halogens is 1. The predicted octanol–water partition coefficient (Wildman–Crippen LogP) is 0.561. The van der Waals surface area contributed by atoms with E-state index in [9.17, 15) is 17.9 Å². The normalized spacial score (nSPS) is 16.8. The standard InChI is InChI=1S/C15H18FN3O4S/c1-10-2-3-11(16)6-15(10)24(22,23)18-4-5-19-12(8-18)7-13(17-19)14(21)9-20/h2-3,6-7,14,20-21H,4-5,8-9H2,1H3/t14-/m1/s1. The molecule has 24 heavy (non-hydrogen) atoms. The van der Waals surface area contributed by atoms with Crippen molar-refractivity contribution in [2.45, 2.75) is 31.0 Å². The summed E-state index contributed by atoms with van der Waals surface area (Å²) >= 11 is 0. The van der Waals surface area contributed by atoms with Crippen molar-refractivity contribution in [1.82, 2.24) is 14.1 Å². The lowest BCUT2D eigenvalue weighted by atomic mass is 10.2. The lowest BCUT2D eigenvalue weighted by Gasteiger charge is -2.27. The van der Waals surface area contributed by atoms with E-state index in [1.54, 1.807) is 17.7 Å². The summed E-state index contributed by atoms with van der Waals surface area (Å²) in [5.41, 5.74) is 1.39. The van der Waals surface area contributed by atoms with Gasteiger partial charge in [0, 0.05) is 6.54 Å². The summed E-state index contributed by atoms with van der Waals surface area (Å²) in [6, 6.07) is 5.26. The van der Waals surface area contributed by atoms with Gasteiger partial charge in [0.1, 0.15) is 11.9 Å². The summed E-state index contributed by atoms with van der Waals surface area (Å²) in [5, 5.41) is 22.8. The first-order valence-corrected chi connectivity index (χ1v) is 8.89. The molecule has 0 bridgehead atoms. The van der Waals surface area contributed by atoms with Crippen molar-refractivity contribution in [2.24, 2.45) is 0 Å². The van der Waals surface area contributed by atoms with Crippen molar-refractivity contribution >= 4 is 10.0 Å². The Morgan fingerprint density at radius 2 is 2.08 bits per heavy atom. The maximum Gasteiger partial charge on any atom is 0.243 e. The van der Waals surface area contributed by atoms with Gasteiger partial charge in [-0.25, -0.2) is 12.8 Å². The van der Waals surface area contributed by atoms with Crippen LogP contribution in [-0.4, -0.2) is 45.9 Å². The molecule has 2 aromatic rings. The van der Waals surface area contributed by atoms with E-state index in [1.807, 2.05) is 0 Å². The molecule has 0 saturated heterocycles. The minimum absolute atomic E-state index is 0.0499. The van der Waals surface area contributed by atoms with Gasteiger partial charge in [-0.05, 0) is 30.7 Å².